The number of hydrogen-bond acceptors (Lipinski definition) is 4. The van der Waals surface area contributed by atoms with Crippen LogP contribution in [0.25, 0.3) is 0 Å². The second kappa shape index (κ2) is 5.91. The Morgan fingerprint density at radius 2 is 2.41 bits per heavy atom. The first-order chi connectivity index (χ1) is 8.29. The SMILES string of the molecule is CCCc1nnc(NC(=O)C2CC=CCC2)s1. The second-order valence-electron chi connectivity index (χ2n) is 4.22. The molecular formula is C12H17N3OS. The van der Waals surface area contributed by atoms with Crippen LogP contribution in [0.3, 0.4) is 0 Å². The van der Waals surface area contributed by atoms with Crippen molar-refractivity contribution >= 4 is 22.4 Å². The number of amides is 1. The Balaban J connectivity index is 1.90. The monoisotopic (exact) mass is 251 g/mol. The Labute approximate surface area is 105 Å². The molecule has 0 fully saturated rings. The summed E-state index contributed by atoms with van der Waals surface area (Å²) >= 11 is 1.48. The number of carbonyl (C=O) groups excluding carboxylic acids is 1. The first kappa shape index (κ1) is 12.2. The summed E-state index contributed by atoms with van der Waals surface area (Å²) in [6, 6.07) is 0. The van der Waals surface area contributed by atoms with Crippen LogP contribution in [-0.2, 0) is 11.2 Å². The van der Waals surface area contributed by atoms with Gasteiger partial charge in [0.25, 0.3) is 0 Å². The summed E-state index contributed by atoms with van der Waals surface area (Å²) in [5.74, 6) is 0.173. The van der Waals surface area contributed by atoms with E-state index < -0.39 is 0 Å². The van der Waals surface area contributed by atoms with Crippen LogP contribution in [0.1, 0.15) is 37.6 Å². The summed E-state index contributed by atoms with van der Waals surface area (Å²) in [7, 11) is 0. The number of allylic oxidation sites excluding steroid dienone is 2. The maximum Gasteiger partial charge on any atom is 0.229 e. The molecule has 0 aliphatic heterocycles. The van der Waals surface area contributed by atoms with Gasteiger partial charge in [0, 0.05) is 12.3 Å². The molecule has 4 nitrogen and oxygen atoms in total. The first-order valence-corrected chi connectivity index (χ1v) is 6.89. The minimum atomic E-state index is 0.0774. The average Bonchev–Trinajstić information content (AvgIpc) is 2.78. The Kier molecular flexibility index (Phi) is 4.25. The molecule has 92 valence electrons. The first-order valence-electron chi connectivity index (χ1n) is 6.08. The fourth-order valence-corrected chi connectivity index (χ4v) is 2.70. The van der Waals surface area contributed by atoms with Gasteiger partial charge in [-0.3, -0.25) is 4.79 Å². The van der Waals surface area contributed by atoms with Crippen LogP contribution in [0.4, 0.5) is 5.13 Å². The van der Waals surface area contributed by atoms with Crippen molar-refractivity contribution in [3.63, 3.8) is 0 Å². The van der Waals surface area contributed by atoms with Crippen LogP contribution in [0.5, 0.6) is 0 Å². The quantitative estimate of drug-likeness (QED) is 0.837. The Hall–Kier alpha value is -1.23. The number of anilines is 1. The molecule has 1 atom stereocenters. The van der Waals surface area contributed by atoms with E-state index in [0.717, 1.165) is 37.1 Å². The summed E-state index contributed by atoms with van der Waals surface area (Å²) in [4.78, 5) is 11.9. The number of nitrogens with zero attached hydrogens (tertiary/aromatic N) is 2. The molecule has 1 unspecified atom stereocenters. The normalized spacial score (nSPS) is 19.2. The summed E-state index contributed by atoms with van der Waals surface area (Å²) in [6.45, 7) is 2.11. The standard InChI is InChI=1S/C12H17N3OS/c1-2-6-10-14-15-12(17-10)13-11(16)9-7-4-3-5-8-9/h3-4,9H,2,5-8H2,1H3,(H,13,15,16). The van der Waals surface area contributed by atoms with Crippen molar-refractivity contribution in [3.8, 4) is 0 Å². The third-order valence-electron chi connectivity index (χ3n) is 2.80. The van der Waals surface area contributed by atoms with Crippen molar-refractivity contribution in [2.45, 2.75) is 39.0 Å². The van der Waals surface area contributed by atoms with Crippen LogP contribution < -0.4 is 5.32 Å². The van der Waals surface area contributed by atoms with E-state index in [0.29, 0.717) is 5.13 Å². The van der Waals surface area contributed by atoms with Crippen LogP contribution in [-0.4, -0.2) is 16.1 Å². The lowest BCUT2D eigenvalue weighted by molar-refractivity contribution is -0.120. The number of nitrogens with one attached hydrogen (secondary N) is 1. The predicted octanol–water partition coefficient (Wildman–Crippen LogP) is 2.79. The van der Waals surface area contributed by atoms with Gasteiger partial charge in [0.2, 0.25) is 11.0 Å². The molecule has 1 aromatic heterocycles. The van der Waals surface area contributed by atoms with Crippen molar-refractivity contribution in [1.82, 2.24) is 10.2 Å². The summed E-state index contributed by atoms with van der Waals surface area (Å²) in [5.41, 5.74) is 0. The van der Waals surface area contributed by atoms with Crippen LogP contribution in [0.15, 0.2) is 12.2 Å². The zero-order chi connectivity index (χ0) is 12.1. The van der Waals surface area contributed by atoms with Gasteiger partial charge < -0.3 is 5.32 Å². The zero-order valence-electron chi connectivity index (χ0n) is 9.98. The smallest absolute Gasteiger partial charge is 0.229 e. The molecule has 0 spiro atoms. The van der Waals surface area contributed by atoms with E-state index in [1.54, 1.807) is 0 Å². The van der Waals surface area contributed by atoms with E-state index in [4.69, 9.17) is 0 Å². The highest BCUT2D eigenvalue weighted by Gasteiger charge is 2.19. The van der Waals surface area contributed by atoms with Gasteiger partial charge in [0.15, 0.2) is 0 Å². The van der Waals surface area contributed by atoms with Gasteiger partial charge in [0.1, 0.15) is 5.01 Å². The van der Waals surface area contributed by atoms with Gasteiger partial charge in [-0.1, -0.05) is 30.4 Å². The van der Waals surface area contributed by atoms with Crippen LogP contribution in [0.2, 0.25) is 0 Å². The fourth-order valence-electron chi connectivity index (χ4n) is 1.86. The number of aromatic nitrogens is 2. The van der Waals surface area contributed by atoms with E-state index in [-0.39, 0.29) is 11.8 Å². The third-order valence-corrected chi connectivity index (χ3v) is 3.70. The molecule has 1 aliphatic rings. The minimum absolute atomic E-state index is 0.0774. The van der Waals surface area contributed by atoms with E-state index >= 15 is 0 Å². The molecule has 0 saturated heterocycles. The highest BCUT2D eigenvalue weighted by atomic mass is 32.1. The molecule has 1 aromatic rings. The third kappa shape index (κ3) is 3.36. The van der Waals surface area contributed by atoms with Crippen molar-refractivity contribution in [2.24, 2.45) is 5.92 Å². The Bertz CT molecular complexity index is 414. The molecule has 1 aliphatic carbocycles. The fraction of sp³-hybridized carbons (Fsp3) is 0.583. The zero-order valence-corrected chi connectivity index (χ0v) is 10.8. The average molecular weight is 251 g/mol. The summed E-state index contributed by atoms with van der Waals surface area (Å²) < 4.78 is 0. The molecule has 1 heterocycles. The van der Waals surface area contributed by atoms with Crippen molar-refractivity contribution in [3.05, 3.63) is 17.2 Å². The van der Waals surface area contributed by atoms with Crippen LogP contribution in [0, 0.1) is 5.92 Å². The molecule has 0 radical (unpaired) electrons. The van der Waals surface area contributed by atoms with Crippen molar-refractivity contribution < 1.29 is 4.79 Å². The maximum atomic E-state index is 11.9. The highest BCUT2D eigenvalue weighted by Crippen LogP contribution is 2.22. The van der Waals surface area contributed by atoms with Crippen molar-refractivity contribution in [1.29, 1.82) is 0 Å². The predicted molar refractivity (Wildman–Crippen MR) is 69.0 cm³/mol. The lowest BCUT2D eigenvalue weighted by Crippen LogP contribution is -2.23. The molecule has 0 bridgehead atoms. The molecule has 1 amide bonds. The van der Waals surface area contributed by atoms with E-state index in [1.807, 2.05) is 0 Å². The van der Waals surface area contributed by atoms with E-state index in [1.165, 1.54) is 11.3 Å². The molecule has 0 aromatic carbocycles. The molecule has 2 rings (SSSR count). The highest BCUT2D eigenvalue weighted by molar-refractivity contribution is 7.15. The van der Waals surface area contributed by atoms with Gasteiger partial charge in [-0.05, 0) is 25.7 Å². The van der Waals surface area contributed by atoms with Gasteiger partial charge in [0.05, 0.1) is 0 Å². The van der Waals surface area contributed by atoms with Crippen LogP contribution >= 0.6 is 11.3 Å². The van der Waals surface area contributed by atoms with Gasteiger partial charge in [-0.2, -0.15) is 0 Å². The summed E-state index contributed by atoms with van der Waals surface area (Å²) in [6.07, 6.45) is 8.96. The summed E-state index contributed by atoms with van der Waals surface area (Å²) in [5, 5.41) is 12.5. The largest absolute Gasteiger partial charge is 0.300 e. The molecule has 5 heteroatoms. The number of rotatable bonds is 4. The van der Waals surface area contributed by atoms with Gasteiger partial charge in [-0.15, -0.1) is 10.2 Å². The van der Waals surface area contributed by atoms with Crippen molar-refractivity contribution in [2.75, 3.05) is 5.32 Å². The molecular weight excluding hydrogens is 234 g/mol. The molecule has 0 saturated carbocycles. The molecule has 1 N–H and O–H groups in total. The van der Waals surface area contributed by atoms with E-state index in [2.05, 4.69) is 34.6 Å². The van der Waals surface area contributed by atoms with E-state index in [9.17, 15) is 4.79 Å². The van der Waals surface area contributed by atoms with Gasteiger partial charge >= 0.3 is 0 Å². The van der Waals surface area contributed by atoms with Gasteiger partial charge in [-0.25, -0.2) is 0 Å². The second-order valence-corrected chi connectivity index (χ2v) is 5.28. The molecule has 17 heavy (non-hydrogen) atoms. The lowest BCUT2D eigenvalue weighted by Gasteiger charge is -2.15. The lowest BCUT2D eigenvalue weighted by atomic mass is 9.94. The minimum Gasteiger partial charge on any atom is -0.300 e. The number of hydrogen-bond donors (Lipinski definition) is 1. The Morgan fingerprint density at radius 1 is 1.53 bits per heavy atom. The topological polar surface area (TPSA) is 54.9 Å². The number of aryl methyl sites for hydroxylation is 1. The Morgan fingerprint density at radius 3 is 3.12 bits per heavy atom. The maximum absolute atomic E-state index is 11.9. The number of carbonyl (C=O) groups is 1.